The number of carbonyl (C=O) groups is 1. The van der Waals surface area contributed by atoms with Gasteiger partial charge in [-0.1, -0.05) is 43.1 Å². The number of thiazole rings is 1. The Hall–Kier alpha value is -2.18. The molecule has 148 valence electrons. The predicted octanol–water partition coefficient (Wildman–Crippen LogP) is 5.80. The maximum atomic E-state index is 12.8. The van der Waals surface area contributed by atoms with Crippen LogP contribution in [0.1, 0.15) is 46.6 Å². The van der Waals surface area contributed by atoms with Crippen molar-refractivity contribution in [1.82, 2.24) is 14.8 Å². The third kappa shape index (κ3) is 4.13. The van der Waals surface area contributed by atoms with Crippen molar-refractivity contribution >= 4 is 34.0 Å². The van der Waals surface area contributed by atoms with Gasteiger partial charge in [-0.05, 0) is 44.7 Å². The number of aromatic nitrogens is 3. The second-order valence-corrected chi connectivity index (χ2v) is 8.81. The molecule has 0 bridgehead atoms. The molecule has 0 aliphatic rings. The molecule has 0 saturated heterocycles. The number of rotatable bonds is 5. The minimum Gasteiger partial charge on any atom is -0.298 e. The summed E-state index contributed by atoms with van der Waals surface area (Å²) in [6.07, 6.45) is 0. The standard InChI is InChI=1S/C21H25ClN4OS/c1-11(2)9-26-19(22)18(15(6)25-26)20(27)24-21-23-16(10-28-21)17-13(4)7-12(3)8-14(17)5/h7-8,10-11H,9H2,1-6H3,(H,23,24,27). The van der Waals surface area contributed by atoms with Gasteiger partial charge in [-0.15, -0.1) is 11.3 Å². The van der Waals surface area contributed by atoms with Gasteiger partial charge in [-0.2, -0.15) is 5.10 Å². The van der Waals surface area contributed by atoms with E-state index in [0.29, 0.717) is 34.0 Å². The number of benzene rings is 1. The number of carbonyl (C=O) groups excluding carboxylic acids is 1. The Labute approximate surface area is 174 Å². The number of amides is 1. The van der Waals surface area contributed by atoms with Crippen LogP contribution >= 0.6 is 22.9 Å². The van der Waals surface area contributed by atoms with Crippen molar-refractivity contribution in [2.75, 3.05) is 5.32 Å². The van der Waals surface area contributed by atoms with Gasteiger partial charge in [-0.3, -0.25) is 14.8 Å². The van der Waals surface area contributed by atoms with Crippen molar-refractivity contribution in [3.63, 3.8) is 0 Å². The first-order valence-corrected chi connectivity index (χ1v) is 10.5. The number of hydrogen-bond donors (Lipinski definition) is 1. The zero-order valence-corrected chi connectivity index (χ0v) is 18.6. The average Bonchev–Trinajstić information content (AvgIpc) is 3.11. The first-order chi connectivity index (χ1) is 13.2. The molecule has 3 rings (SSSR count). The van der Waals surface area contributed by atoms with Gasteiger partial charge in [0.25, 0.3) is 5.91 Å². The number of hydrogen-bond acceptors (Lipinski definition) is 4. The molecule has 1 aromatic carbocycles. The first-order valence-electron chi connectivity index (χ1n) is 9.25. The monoisotopic (exact) mass is 416 g/mol. The zero-order chi connectivity index (χ0) is 20.6. The SMILES string of the molecule is Cc1cc(C)c(-c2csc(NC(=O)c3c(C)nn(CC(C)C)c3Cl)n2)c(C)c1. The van der Waals surface area contributed by atoms with Gasteiger partial charge in [0.15, 0.2) is 5.13 Å². The number of anilines is 1. The van der Waals surface area contributed by atoms with Crippen molar-refractivity contribution in [2.24, 2.45) is 5.92 Å². The molecule has 0 aliphatic carbocycles. The third-order valence-electron chi connectivity index (χ3n) is 4.49. The maximum Gasteiger partial charge on any atom is 0.262 e. The molecule has 0 aliphatic heterocycles. The van der Waals surface area contributed by atoms with Gasteiger partial charge in [-0.25, -0.2) is 4.98 Å². The normalized spacial score (nSPS) is 11.3. The fourth-order valence-electron chi connectivity index (χ4n) is 3.47. The Morgan fingerprint density at radius 2 is 1.86 bits per heavy atom. The topological polar surface area (TPSA) is 59.8 Å². The van der Waals surface area contributed by atoms with Crippen LogP contribution in [0.25, 0.3) is 11.3 Å². The molecule has 3 aromatic rings. The van der Waals surface area contributed by atoms with Crippen molar-refractivity contribution in [3.05, 3.63) is 50.6 Å². The maximum absolute atomic E-state index is 12.8. The van der Waals surface area contributed by atoms with Crippen molar-refractivity contribution in [3.8, 4) is 11.3 Å². The van der Waals surface area contributed by atoms with Crippen molar-refractivity contribution in [1.29, 1.82) is 0 Å². The lowest BCUT2D eigenvalue weighted by atomic mass is 9.98. The summed E-state index contributed by atoms with van der Waals surface area (Å²) >= 11 is 7.82. The van der Waals surface area contributed by atoms with E-state index in [2.05, 4.69) is 62.2 Å². The second-order valence-electron chi connectivity index (χ2n) is 7.59. The van der Waals surface area contributed by atoms with Crippen LogP contribution in [0, 0.1) is 33.6 Å². The van der Waals surface area contributed by atoms with E-state index < -0.39 is 0 Å². The lowest BCUT2D eigenvalue weighted by Crippen LogP contribution is -2.13. The molecule has 28 heavy (non-hydrogen) atoms. The summed E-state index contributed by atoms with van der Waals surface area (Å²) in [5, 5.41) is 10.2. The molecule has 2 heterocycles. The lowest BCUT2D eigenvalue weighted by Gasteiger charge is -2.08. The number of nitrogens with one attached hydrogen (secondary N) is 1. The molecule has 1 amide bonds. The Kier molecular flexibility index (Phi) is 5.91. The van der Waals surface area contributed by atoms with Crippen molar-refractivity contribution in [2.45, 2.75) is 48.1 Å². The van der Waals surface area contributed by atoms with Crippen LogP contribution in [-0.4, -0.2) is 20.7 Å². The van der Waals surface area contributed by atoms with Gasteiger partial charge >= 0.3 is 0 Å². The fourth-order valence-corrected chi connectivity index (χ4v) is 4.49. The molecular formula is C21H25ClN4OS. The third-order valence-corrected chi connectivity index (χ3v) is 5.63. The molecule has 2 aromatic heterocycles. The van der Waals surface area contributed by atoms with Crippen molar-refractivity contribution < 1.29 is 4.79 Å². The van der Waals surface area contributed by atoms with E-state index in [9.17, 15) is 4.79 Å². The Balaban J connectivity index is 1.85. The molecule has 1 N–H and O–H groups in total. The minimum atomic E-state index is -0.282. The number of nitrogens with zero attached hydrogens (tertiary/aromatic N) is 3. The van der Waals surface area contributed by atoms with Gasteiger partial charge in [0.1, 0.15) is 5.15 Å². The number of halogens is 1. The van der Waals surface area contributed by atoms with E-state index in [1.54, 1.807) is 11.6 Å². The van der Waals surface area contributed by atoms with E-state index >= 15 is 0 Å². The van der Waals surface area contributed by atoms with E-state index in [0.717, 1.165) is 11.3 Å². The summed E-state index contributed by atoms with van der Waals surface area (Å²) in [5.74, 6) is 0.103. The number of aryl methyl sites for hydroxylation is 4. The minimum absolute atomic E-state index is 0.282. The molecule has 0 atom stereocenters. The lowest BCUT2D eigenvalue weighted by molar-refractivity contribution is 0.102. The Bertz CT molecular complexity index is 1010. The molecule has 0 fully saturated rings. The molecule has 7 heteroatoms. The summed E-state index contributed by atoms with van der Waals surface area (Å²) in [6, 6.07) is 4.29. The summed E-state index contributed by atoms with van der Waals surface area (Å²) in [5.41, 5.74) is 6.58. The van der Waals surface area contributed by atoms with Crippen LogP contribution in [-0.2, 0) is 6.54 Å². The second kappa shape index (κ2) is 8.05. The molecule has 5 nitrogen and oxygen atoms in total. The highest BCUT2D eigenvalue weighted by Gasteiger charge is 2.22. The first kappa shape index (κ1) is 20.6. The zero-order valence-electron chi connectivity index (χ0n) is 17.1. The van der Waals surface area contributed by atoms with Crippen LogP contribution in [0.5, 0.6) is 0 Å². The summed E-state index contributed by atoms with van der Waals surface area (Å²) in [6.45, 7) is 12.9. The quantitative estimate of drug-likeness (QED) is 0.571. The molecular weight excluding hydrogens is 392 g/mol. The molecule has 0 spiro atoms. The van der Waals surface area contributed by atoms with E-state index in [1.165, 1.54) is 28.0 Å². The Morgan fingerprint density at radius 1 is 1.21 bits per heavy atom. The molecule has 0 saturated carbocycles. The van der Waals surface area contributed by atoms with E-state index in [-0.39, 0.29) is 5.91 Å². The van der Waals surface area contributed by atoms with Crippen LogP contribution in [0.4, 0.5) is 5.13 Å². The molecule has 0 radical (unpaired) electrons. The summed E-state index contributed by atoms with van der Waals surface area (Å²) in [4.78, 5) is 17.4. The van der Waals surface area contributed by atoms with Gasteiger partial charge < -0.3 is 0 Å². The predicted molar refractivity (Wildman–Crippen MR) is 117 cm³/mol. The van der Waals surface area contributed by atoms with Gasteiger partial charge in [0.2, 0.25) is 0 Å². The van der Waals surface area contributed by atoms with Crippen LogP contribution in [0.2, 0.25) is 5.15 Å². The average molecular weight is 417 g/mol. The van der Waals surface area contributed by atoms with Crippen LogP contribution < -0.4 is 5.32 Å². The van der Waals surface area contributed by atoms with Gasteiger partial charge in [0, 0.05) is 17.5 Å². The van der Waals surface area contributed by atoms with E-state index in [1.807, 2.05) is 5.38 Å². The Morgan fingerprint density at radius 3 is 2.46 bits per heavy atom. The highest BCUT2D eigenvalue weighted by Crippen LogP contribution is 2.31. The summed E-state index contributed by atoms with van der Waals surface area (Å²) < 4.78 is 1.68. The van der Waals surface area contributed by atoms with E-state index in [4.69, 9.17) is 11.6 Å². The summed E-state index contributed by atoms with van der Waals surface area (Å²) in [7, 11) is 0. The van der Waals surface area contributed by atoms with Crippen LogP contribution in [0.3, 0.4) is 0 Å². The smallest absolute Gasteiger partial charge is 0.262 e. The molecule has 0 unspecified atom stereocenters. The highest BCUT2D eigenvalue weighted by atomic mass is 35.5. The van der Waals surface area contributed by atoms with Crippen LogP contribution in [0.15, 0.2) is 17.5 Å². The largest absolute Gasteiger partial charge is 0.298 e. The fraction of sp³-hybridized carbons (Fsp3) is 0.381. The van der Waals surface area contributed by atoms with Gasteiger partial charge in [0.05, 0.1) is 17.0 Å². The highest BCUT2D eigenvalue weighted by molar-refractivity contribution is 7.14.